The molecule has 3 nitrogen and oxygen atoms in total. The van der Waals surface area contributed by atoms with Crippen molar-refractivity contribution in [2.45, 2.75) is 32.7 Å². The van der Waals surface area contributed by atoms with Crippen LogP contribution in [0.5, 0.6) is 0 Å². The molecule has 0 amide bonds. The number of hydrogen-bond acceptors (Lipinski definition) is 3. The van der Waals surface area contributed by atoms with E-state index in [0.29, 0.717) is 6.04 Å². The molecule has 1 aromatic heterocycles. The number of hydrogen-bond donors (Lipinski definition) is 1. The van der Waals surface area contributed by atoms with E-state index in [1.165, 1.54) is 5.56 Å². The molecule has 0 saturated heterocycles. The van der Waals surface area contributed by atoms with E-state index in [-0.39, 0.29) is 0 Å². The third-order valence-electron chi connectivity index (χ3n) is 2.91. The molecule has 0 aliphatic heterocycles. The summed E-state index contributed by atoms with van der Waals surface area (Å²) in [7, 11) is 0. The molecule has 2 rings (SSSR count). The van der Waals surface area contributed by atoms with E-state index in [0.717, 1.165) is 29.1 Å². The molecule has 1 heterocycles. The topological polar surface area (TPSA) is 37.8 Å². The highest BCUT2D eigenvalue weighted by Gasteiger charge is 2.05. The quantitative estimate of drug-likeness (QED) is 0.847. The predicted molar refractivity (Wildman–Crippen MR) is 82.3 cm³/mol. The highest BCUT2D eigenvalue weighted by atomic mass is 79.9. The summed E-state index contributed by atoms with van der Waals surface area (Å²) in [6.45, 7) is 4.07. The van der Waals surface area contributed by atoms with Crippen LogP contribution in [0.25, 0.3) is 0 Å². The van der Waals surface area contributed by atoms with Crippen molar-refractivity contribution in [3.05, 3.63) is 52.4 Å². The maximum atomic E-state index is 4.38. The number of anilines is 1. The van der Waals surface area contributed by atoms with Crippen LogP contribution in [0.3, 0.4) is 0 Å². The zero-order valence-corrected chi connectivity index (χ0v) is 12.8. The number of halogens is 1. The van der Waals surface area contributed by atoms with Gasteiger partial charge in [0.15, 0.2) is 0 Å². The van der Waals surface area contributed by atoms with E-state index in [2.05, 4.69) is 62.4 Å². The Morgan fingerprint density at radius 1 is 1.21 bits per heavy atom. The van der Waals surface area contributed by atoms with Gasteiger partial charge in [0, 0.05) is 12.1 Å². The fraction of sp³-hybridized carbons (Fsp3) is 0.333. The second-order valence-corrected chi connectivity index (χ2v) is 5.51. The number of nitrogens with zero attached hydrogens (tertiary/aromatic N) is 2. The monoisotopic (exact) mass is 319 g/mol. The minimum atomic E-state index is 0.376. The molecule has 1 aromatic carbocycles. The van der Waals surface area contributed by atoms with Crippen molar-refractivity contribution in [1.29, 1.82) is 0 Å². The Hall–Kier alpha value is -1.42. The Balaban J connectivity index is 1.89. The highest BCUT2D eigenvalue weighted by molar-refractivity contribution is 9.10. The molecule has 1 atom stereocenters. The third-order valence-corrected chi connectivity index (χ3v) is 3.32. The summed E-state index contributed by atoms with van der Waals surface area (Å²) in [5.41, 5.74) is 1.37. The summed E-state index contributed by atoms with van der Waals surface area (Å²) in [5, 5.41) is 3.41. The van der Waals surface area contributed by atoms with Gasteiger partial charge in [-0.1, -0.05) is 30.3 Å². The predicted octanol–water partition coefficient (Wildman–Crippen LogP) is 3.98. The van der Waals surface area contributed by atoms with Gasteiger partial charge in [0.2, 0.25) is 0 Å². The number of aromatic nitrogens is 2. The summed E-state index contributed by atoms with van der Waals surface area (Å²) in [6, 6.07) is 12.8. The largest absolute Gasteiger partial charge is 0.367 e. The van der Waals surface area contributed by atoms with Gasteiger partial charge in [-0.25, -0.2) is 9.97 Å². The van der Waals surface area contributed by atoms with Crippen molar-refractivity contribution in [3.63, 3.8) is 0 Å². The van der Waals surface area contributed by atoms with Crippen LogP contribution in [-0.4, -0.2) is 16.0 Å². The van der Waals surface area contributed by atoms with Crippen molar-refractivity contribution in [2.24, 2.45) is 0 Å². The molecule has 1 unspecified atom stereocenters. The molecule has 1 N–H and O–H groups in total. The highest BCUT2D eigenvalue weighted by Crippen LogP contribution is 2.14. The number of aryl methyl sites for hydroxylation is 2. The zero-order chi connectivity index (χ0) is 13.7. The maximum Gasteiger partial charge on any atom is 0.131 e. The van der Waals surface area contributed by atoms with Gasteiger partial charge in [0.1, 0.15) is 16.2 Å². The lowest BCUT2D eigenvalue weighted by Crippen LogP contribution is -2.17. The normalized spacial score (nSPS) is 12.2. The fourth-order valence-corrected chi connectivity index (χ4v) is 2.43. The van der Waals surface area contributed by atoms with E-state index in [9.17, 15) is 0 Å². The van der Waals surface area contributed by atoms with Gasteiger partial charge in [-0.2, -0.15) is 0 Å². The molecule has 0 fully saturated rings. The van der Waals surface area contributed by atoms with Gasteiger partial charge in [-0.15, -0.1) is 0 Å². The summed E-state index contributed by atoms with van der Waals surface area (Å²) in [6.07, 6.45) is 2.14. The number of nitrogens with one attached hydrogen (secondary N) is 1. The summed E-state index contributed by atoms with van der Waals surface area (Å²) in [4.78, 5) is 8.58. The molecular formula is C15H18BrN3. The summed E-state index contributed by atoms with van der Waals surface area (Å²) < 4.78 is 0.817. The summed E-state index contributed by atoms with van der Waals surface area (Å²) in [5.74, 6) is 1.65. The molecule has 0 saturated carbocycles. The van der Waals surface area contributed by atoms with E-state index < -0.39 is 0 Å². The molecule has 19 heavy (non-hydrogen) atoms. The molecule has 0 radical (unpaired) electrons. The number of rotatable bonds is 5. The molecule has 0 bridgehead atoms. The van der Waals surface area contributed by atoms with Crippen molar-refractivity contribution in [2.75, 3.05) is 5.32 Å². The van der Waals surface area contributed by atoms with Gasteiger partial charge in [-0.3, -0.25) is 0 Å². The van der Waals surface area contributed by atoms with Crippen LogP contribution in [0.1, 0.15) is 24.7 Å². The fourth-order valence-electron chi connectivity index (χ4n) is 1.96. The van der Waals surface area contributed by atoms with Gasteiger partial charge < -0.3 is 5.32 Å². The smallest absolute Gasteiger partial charge is 0.131 e. The van der Waals surface area contributed by atoms with Crippen LogP contribution in [0, 0.1) is 6.92 Å². The Kier molecular flexibility index (Phi) is 4.91. The van der Waals surface area contributed by atoms with Crippen LogP contribution in [0.4, 0.5) is 5.82 Å². The average Bonchev–Trinajstić information content (AvgIpc) is 2.36. The second kappa shape index (κ2) is 6.66. The van der Waals surface area contributed by atoms with Crippen molar-refractivity contribution >= 4 is 21.7 Å². The Bertz CT molecular complexity index is 508. The minimum Gasteiger partial charge on any atom is -0.367 e. The van der Waals surface area contributed by atoms with E-state index >= 15 is 0 Å². The van der Waals surface area contributed by atoms with Crippen LogP contribution >= 0.6 is 15.9 Å². The van der Waals surface area contributed by atoms with Crippen LogP contribution in [0.15, 0.2) is 41.0 Å². The molecular weight excluding hydrogens is 302 g/mol. The lowest BCUT2D eigenvalue weighted by molar-refractivity contribution is 0.701. The molecule has 0 aliphatic carbocycles. The van der Waals surface area contributed by atoms with E-state index in [1.807, 2.05) is 19.1 Å². The zero-order valence-electron chi connectivity index (χ0n) is 11.2. The maximum absolute atomic E-state index is 4.38. The standard InChI is InChI=1S/C15H18BrN3/c1-11(8-9-13-6-4-3-5-7-13)17-15-10-14(16)18-12(2)19-15/h3-7,10-11H,8-9H2,1-2H3,(H,17,18,19). The molecule has 0 spiro atoms. The molecule has 100 valence electrons. The summed E-state index contributed by atoms with van der Waals surface area (Å²) >= 11 is 3.39. The first-order chi connectivity index (χ1) is 9.13. The third kappa shape index (κ3) is 4.63. The first kappa shape index (κ1) is 14.0. The molecule has 2 aromatic rings. The Labute approximate surface area is 122 Å². The number of benzene rings is 1. The van der Waals surface area contributed by atoms with Gasteiger partial charge in [0.25, 0.3) is 0 Å². The minimum absolute atomic E-state index is 0.376. The average molecular weight is 320 g/mol. The van der Waals surface area contributed by atoms with E-state index in [4.69, 9.17) is 0 Å². The molecule has 4 heteroatoms. The first-order valence-electron chi connectivity index (χ1n) is 6.45. The Morgan fingerprint density at radius 2 is 1.95 bits per heavy atom. The van der Waals surface area contributed by atoms with Gasteiger partial charge in [-0.05, 0) is 48.2 Å². The van der Waals surface area contributed by atoms with Crippen molar-refractivity contribution < 1.29 is 0 Å². The van der Waals surface area contributed by atoms with Crippen LogP contribution in [0.2, 0.25) is 0 Å². The SMILES string of the molecule is Cc1nc(Br)cc(NC(C)CCc2ccccc2)n1. The van der Waals surface area contributed by atoms with Gasteiger partial charge in [0.05, 0.1) is 0 Å². The second-order valence-electron chi connectivity index (χ2n) is 4.69. The first-order valence-corrected chi connectivity index (χ1v) is 7.24. The van der Waals surface area contributed by atoms with Crippen LogP contribution in [-0.2, 0) is 6.42 Å². The van der Waals surface area contributed by atoms with Gasteiger partial charge >= 0.3 is 0 Å². The van der Waals surface area contributed by atoms with Crippen LogP contribution < -0.4 is 5.32 Å². The van der Waals surface area contributed by atoms with E-state index in [1.54, 1.807) is 0 Å². The van der Waals surface area contributed by atoms with Crippen molar-refractivity contribution in [1.82, 2.24) is 9.97 Å². The lowest BCUT2D eigenvalue weighted by atomic mass is 10.1. The molecule has 0 aliphatic rings. The lowest BCUT2D eigenvalue weighted by Gasteiger charge is -2.14. The van der Waals surface area contributed by atoms with Crippen molar-refractivity contribution in [3.8, 4) is 0 Å². The Morgan fingerprint density at radius 3 is 2.63 bits per heavy atom.